The van der Waals surface area contributed by atoms with E-state index in [9.17, 15) is 12.8 Å². The van der Waals surface area contributed by atoms with E-state index in [1.165, 1.54) is 18.2 Å². The number of amidine groups is 1. The van der Waals surface area contributed by atoms with E-state index in [0.29, 0.717) is 10.9 Å². The smallest absolute Gasteiger partial charge is 0.162 e. The van der Waals surface area contributed by atoms with E-state index in [1.807, 2.05) is 0 Å². The van der Waals surface area contributed by atoms with Crippen molar-refractivity contribution in [3.8, 4) is 0 Å². The van der Waals surface area contributed by atoms with Gasteiger partial charge in [0.25, 0.3) is 0 Å². The third kappa shape index (κ3) is 3.61. The Bertz CT molecular complexity index is 663. The molecular weight excluding hydrogens is 363 g/mol. The van der Waals surface area contributed by atoms with Crippen molar-refractivity contribution in [3.63, 3.8) is 0 Å². The quantitative estimate of drug-likeness (QED) is 0.831. The Kier molecular flexibility index (Phi) is 5.00. The average molecular weight is 379 g/mol. The van der Waals surface area contributed by atoms with Crippen LogP contribution in [0.15, 0.2) is 27.7 Å². The maximum Gasteiger partial charge on any atom is 0.162 e. The third-order valence-electron chi connectivity index (χ3n) is 3.39. The lowest BCUT2D eigenvalue weighted by Crippen LogP contribution is -2.40. The second kappa shape index (κ2) is 6.41. The second-order valence-electron chi connectivity index (χ2n) is 4.94. The molecule has 116 valence electrons. The maximum absolute atomic E-state index is 14.1. The van der Waals surface area contributed by atoms with E-state index in [-0.39, 0.29) is 30.2 Å². The lowest BCUT2D eigenvalue weighted by atomic mass is 10.00. The van der Waals surface area contributed by atoms with Crippen LogP contribution in [0.3, 0.4) is 0 Å². The number of hydrogen-bond acceptors (Lipinski definition) is 5. The molecule has 1 aliphatic heterocycles. The normalized spacial score (nSPS) is 24.6. The molecule has 2 rings (SSSR count). The van der Waals surface area contributed by atoms with E-state index in [0.717, 1.165) is 0 Å². The first-order valence-corrected chi connectivity index (χ1v) is 8.95. The zero-order chi connectivity index (χ0) is 15.6. The van der Waals surface area contributed by atoms with Gasteiger partial charge in [-0.05, 0) is 31.0 Å². The summed E-state index contributed by atoms with van der Waals surface area (Å²) in [5.41, 5.74) is 5.80. The second-order valence-corrected chi connectivity index (χ2v) is 8.08. The average Bonchev–Trinajstić information content (AvgIpc) is 2.39. The molecule has 0 saturated carbocycles. The summed E-state index contributed by atoms with van der Waals surface area (Å²) in [6.45, 7) is -0.126. The highest BCUT2D eigenvalue weighted by Crippen LogP contribution is 2.35. The Morgan fingerprint density at radius 3 is 2.86 bits per heavy atom. The van der Waals surface area contributed by atoms with E-state index in [2.05, 4.69) is 20.9 Å². The molecule has 1 aromatic carbocycles. The molecule has 0 aromatic heterocycles. The van der Waals surface area contributed by atoms with E-state index in [4.69, 9.17) is 10.8 Å². The first-order chi connectivity index (χ1) is 9.85. The number of aliphatic hydroxyl groups is 1. The highest BCUT2D eigenvalue weighted by atomic mass is 79.9. The van der Waals surface area contributed by atoms with Crippen molar-refractivity contribution < 1.29 is 17.9 Å². The number of sulfone groups is 1. The molecule has 2 atom stereocenters. The van der Waals surface area contributed by atoms with Crippen molar-refractivity contribution >= 4 is 31.6 Å². The highest BCUT2D eigenvalue weighted by molar-refractivity contribution is 9.10. The summed E-state index contributed by atoms with van der Waals surface area (Å²) >= 11 is 3.24. The Morgan fingerprint density at radius 2 is 2.19 bits per heavy atom. The van der Waals surface area contributed by atoms with Gasteiger partial charge in [0.15, 0.2) is 9.84 Å². The van der Waals surface area contributed by atoms with Gasteiger partial charge < -0.3 is 10.8 Å². The molecule has 1 heterocycles. The summed E-state index contributed by atoms with van der Waals surface area (Å²) in [5.74, 6) is -0.861. The van der Waals surface area contributed by atoms with Crippen LogP contribution >= 0.6 is 15.9 Å². The standard InChI is InChI=1S/C13H16BrFN2O3S/c14-8-3-4-10(15)9(6-8)13-11(2-1-5-18)21(19,20)7-12(16)17-13/h3-4,6,11,13,18H,1-2,5,7H2,(H2,16,17). The molecule has 1 aliphatic rings. The van der Waals surface area contributed by atoms with Gasteiger partial charge >= 0.3 is 0 Å². The van der Waals surface area contributed by atoms with Gasteiger partial charge in [-0.15, -0.1) is 0 Å². The van der Waals surface area contributed by atoms with Crippen molar-refractivity contribution in [3.05, 3.63) is 34.1 Å². The van der Waals surface area contributed by atoms with Crippen LogP contribution in [0.2, 0.25) is 0 Å². The molecule has 8 heteroatoms. The van der Waals surface area contributed by atoms with Crippen LogP contribution in [0.1, 0.15) is 24.4 Å². The zero-order valence-corrected chi connectivity index (χ0v) is 13.6. The molecule has 2 unspecified atom stereocenters. The number of aliphatic hydroxyl groups excluding tert-OH is 1. The maximum atomic E-state index is 14.1. The molecule has 0 fully saturated rings. The van der Waals surface area contributed by atoms with Gasteiger partial charge in [0.05, 0.1) is 11.3 Å². The van der Waals surface area contributed by atoms with Crippen LogP contribution < -0.4 is 5.73 Å². The molecule has 5 nitrogen and oxygen atoms in total. The van der Waals surface area contributed by atoms with Crippen LogP contribution in [-0.2, 0) is 9.84 Å². The molecule has 0 saturated heterocycles. The van der Waals surface area contributed by atoms with Crippen LogP contribution in [0.5, 0.6) is 0 Å². The third-order valence-corrected chi connectivity index (χ3v) is 6.00. The molecule has 0 aliphatic carbocycles. The molecule has 0 bridgehead atoms. The highest BCUT2D eigenvalue weighted by Gasteiger charge is 2.39. The van der Waals surface area contributed by atoms with Gasteiger partial charge in [0, 0.05) is 16.6 Å². The van der Waals surface area contributed by atoms with Gasteiger partial charge in [-0.25, -0.2) is 12.8 Å². The van der Waals surface area contributed by atoms with Crippen LogP contribution in [0.25, 0.3) is 0 Å². The summed E-state index contributed by atoms with van der Waals surface area (Å²) in [6, 6.07) is 3.43. The van der Waals surface area contributed by atoms with Gasteiger partial charge in [-0.3, -0.25) is 4.99 Å². The monoisotopic (exact) mass is 378 g/mol. The fraction of sp³-hybridized carbons (Fsp3) is 0.462. The van der Waals surface area contributed by atoms with Crippen LogP contribution in [0.4, 0.5) is 4.39 Å². The fourth-order valence-corrected chi connectivity index (χ4v) is 4.66. The topological polar surface area (TPSA) is 92.8 Å². The molecule has 0 radical (unpaired) electrons. The molecule has 21 heavy (non-hydrogen) atoms. The van der Waals surface area contributed by atoms with E-state index in [1.54, 1.807) is 0 Å². The predicted molar refractivity (Wildman–Crippen MR) is 82.4 cm³/mol. The lowest BCUT2D eigenvalue weighted by molar-refractivity contribution is 0.281. The Balaban J connectivity index is 2.50. The van der Waals surface area contributed by atoms with Gasteiger partial charge in [0.1, 0.15) is 17.4 Å². The molecule has 1 aromatic rings. The van der Waals surface area contributed by atoms with Gasteiger partial charge in [-0.1, -0.05) is 15.9 Å². The summed E-state index contributed by atoms with van der Waals surface area (Å²) in [7, 11) is -3.52. The number of hydrogen-bond donors (Lipinski definition) is 2. The predicted octanol–water partition coefficient (Wildman–Crippen LogP) is 1.56. The van der Waals surface area contributed by atoms with E-state index >= 15 is 0 Å². The van der Waals surface area contributed by atoms with Crippen LogP contribution in [0, 0.1) is 5.82 Å². The van der Waals surface area contributed by atoms with Crippen molar-refractivity contribution in [2.45, 2.75) is 24.1 Å². The van der Waals surface area contributed by atoms with Gasteiger partial charge in [-0.2, -0.15) is 0 Å². The number of halogens is 2. The lowest BCUT2D eigenvalue weighted by Gasteiger charge is -2.29. The fourth-order valence-electron chi connectivity index (χ4n) is 2.45. The Labute approximate surface area is 131 Å². The number of rotatable bonds is 4. The minimum absolute atomic E-state index is 0.0142. The van der Waals surface area contributed by atoms with E-state index < -0.39 is 26.9 Å². The SMILES string of the molecule is NC1=NC(c2cc(Br)ccc2F)C(CCCO)S(=O)(=O)C1. The van der Waals surface area contributed by atoms with Crippen molar-refractivity contribution in [1.29, 1.82) is 0 Å². The van der Waals surface area contributed by atoms with Crippen molar-refractivity contribution in [2.75, 3.05) is 12.4 Å². The largest absolute Gasteiger partial charge is 0.396 e. The Morgan fingerprint density at radius 1 is 1.48 bits per heavy atom. The summed E-state index contributed by atoms with van der Waals surface area (Å²) in [6.07, 6.45) is 0.525. The number of nitrogens with two attached hydrogens (primary N) is 1. The number of nitrogens with zero attached hydrogens (tertiary/aromatic N) is 1. The summed E-state index contributed by atoms with van der Waals surface area (Å²) in [5, 5.41) is 8.06. The molecular formula is C13H16BrFN2O3S. The number of aliphatic imine (C=N–C) groups is 1. The van der Waals surface area contributed by atoms with Gasteiger partial charge in [0.2, 0.25) is 0 Å². The molecule has 0 amide bonds. The van der Waals surface area contributed by atoms with Crippen molar-refractivity contribution in [1.82, 2.24) is 0 Å². The summed E-state index contributed by atoms with van der Waals surface area (Å²) in [4.78, 5) is 4.16. The van der Waals surface area contributed by atoms with Crippen molar-refractivity contribution in [2.24, 2.45) is 10.7 Å². The minimum atomic E-state index is -3.52. The minimum Gasteiger partial charge on any atom is -0.396 e. The van der Waals surface area contributed by atoms with Crippen LogP contribution in [-0.4, -0.2) is 37.0 Å². The molecule has 0 spiro atoms. The first-order valence-electron chi connectivity index (χ1n) is 6.44. The Hall–Kier alpha value is -0.990. The summed E-state index contributed by atoms with van der Waals surface area (Å²) < 4.78 is 39.3. The number of benzene rings is 1. The zero-order valence-electron chi connectivity index (χ0n) is 11.2. The first kappa shape index (κ1) is 16.4. The molecule has 3 N–H and O–H groups in total.